The summed E-state index contributed by atoms with van der Waals surface area (Å²) in [7, 11) is 2.08. The zero-order chi connectivity index (χ0) is 18.4. The summed E-state index contributed by atoms with van der Waals surface area (Å²) >= 11 is 0. The first-order valence-corrected chi connectivity index (χ1v) is 9.40. The lowest BCUT2D eigenvalue weighted by atomic mass is 9.82. The highest BCUT2D eigenvalue weighted by Crippen LogP contribution is 2.45. The summed E-state index contributed by atoms with van der Waals surface area (Å²) in [5, 5.41) is 5.68. The number of nitrogens with zero attached hydrogens (tertiary/aromatic N) is 2. The van der Waals surface area contributed by atoms with Crippen molar-refractivity contribution < 1.29 is 14.3 Å². The summed E-state index contributed by atoms with van der Waals surface area (Å²) in [5.74, 6) is 1.76. The molecule has 138 valence electrons. The molecule has 2 atom stereocenters. The Bertz CT molecular complexity index is 1040. The van der Waals surface area contributed by atoms with Gasteiger partial charge in [-0.05, 0) is 24.6 Å². The van der Waals surface area contributed by atoms with Crippen LogP contribution in [0, 0.1) is 5.92 Å². The van der Waals surface area contributed by atoms with Gasteiger partial charge in [-0.15, -0.1) is 0 Å². The van der Waals surface area contributed by atoms with E-state index in [2.05, 4.69) is 53.3 Å². The van der Waals surface area contributed by atoms with Gasteiger partial charge in [0, 0.05) is 29.7 Å². The van der Waals surface area contributed by atoms with E-state index in [-0.39, 0.29) is 11.8 Å². The molecule has 3 heterocycles. The Labute approximate surface area is 158 Å². The maximum Gasteiger partial charge on any atom is 0.165 e. The summed E-state index contributed by atoms with van der Waals surface area (Å²) < 4.78 is 14.3. The Hall–Kier alpha value is -2.95. The number of ether oxygens (including phenoxy) is 2. The second kappa shape index (κ2) is 6.34. The number of aryl methyl sites for hydroxylation is 1. The van der Waals surface area contributed by atoms with E-state index in [1.807, 2.05) is 19.1 Å². The quantitative estimate of drug-likeness (QED) is 0.704. The zero-order valence-corrected chi connectivity index (χ0v) is 15.5. The fourth-order valence-corrected chi connectivity index (χ4v) is 4.24. The number of oxime groups is 1. The van der Waals surface area contributed by atoms with Crippen LogP contribution >= 0.6 is 0 Å². The number of rotatable bonds is 3. The van der Waals surface area contributed by atoms with Crippen LogP contribution in [-0.2, 0) is 11.9 Å². The standard InChI is InChI=1S/C22H22N2O3/c1-3-25-19-10-6-8-16-20(21-14(13-27-23-21)12-26-22(16)19)17-11-24(2)18-9-5-4-7-15(17)18/h4-11,14,20H,3,12-13H2,1-2H3/t14-,20-/m0/s1. The van der Waals surface area contributed by atoms with Gasteiger partial charge >= 0.3 is 0 Å². The highest BCUT2D eigenvalue weighted by atomic mass is 16.6. The molecule has 2 aromatic carbocycles. The van der Waals surface area contributed by atoms with Gasteiger partial charge in [-0.1, -0.05) is 35.5 Å². The van der Waals surface area contributed by atoms with Crippen LogP contribution in [0.5, 0.6) is 11.5 Å². The lowest BCUT2D eigenvalue weighted by molar-refractivity contribution is 0.136. The molecule has 0 fully saturated rings. The largest absolute Gasteiger partial charge is 0.490 e. The molecule has 0 saturated heterocycles. The first-order valence-electron chi connectivity index (χ1n) is 9.40. The van der Waals surface area contributed by atoms with Crippen molar-refractivity contribution in [1.82, 2.24) is 4.57 Å². The number of para-hydroxylation sites is 2. The number of benzene rings is 2. The first kappa shape index (κ1) is 16.2. The predicted molar refractivity (Wildman–Crippen MR) is 105 cm³/mol. The van der Waals surface area contributed by atoms with Crippen LogP contribution in [0.4, 0.5) is 0 Å². The second-order valence-corrected chi connectivity index (χ2v) is 7.07. The summed E-state index contributed by atoms with van der Waals surface area (Å²) in [6.45, 7) is 3.71. The van der Waals surface area contributed by atoms with Gasteiger partial charge in [0.25, 0.3) is 0 Å². The molecule has 27 heavy (non-hydrogen) atoms. The van der Waals surface area contributed by atoms with E-state index in [0.717, 1.165) is 22.8 Å². The second-order valence-electron chi connectivity index (χ2n) is 7.07. The van der Waals surface area contributed by atoms with Gasteiger partial charge in [-0.3, -0.25) is 0 Å². The summed E-state index contributed by atoms with van der Waals surface area (Å²) in [6.07, 6.45) is 2.20. The SMILES string of the molecule is CCOc1cccc2c1OC[C@H]1CON=C1[C@@H]2c1cn(C)c2ccccc12. The molecule has 2 aliphatic rings. The van der Waals surface area contributed by atoms with Crippen molar-refractivity contribution in [1.29, 1.82) is 0 Å². The lowest BCUT2D eigenvalue weighted by Crippen LogP contribution is -2.23. The van der Waals surface area contributed by atoms with Crippen molar-refractivity contribution in [2.75, 3.05) is 19.8 Å². The van der Waals surface area contributed by atoms with Gasteiger partial charge in [0.15, 0.2) is 11.5 Å². The minimum Gasteiger partial charge on any atom is -0.490 e. The fourth-order valence-electron chi connectivity index (χ4n) is 4.24. The summed E-state index contributed by atoms with van der Waals surface area (Å²) in [5.41, 5.74) is 4.56. The average Bonchev–Trinajstić information content (AvgIpc) is 3.24. The van der Waals surface area contributed by atoms with Crippen LogP contribution in [0.1, 0.15) is 24.0 Å². The molecule has 0 bridgehead atoms. The van der Waals surface area contributed by atoms with Crippen molar-refractivity contribution in [3.05, 3.63) is 59.8 Å². The predicted octanol–water partition coefficient (Wildman–Crippen LogP) is 4.10. The summed E-state index contributed by atoms with van der Waals surface area (Å²) in [6, 6.07) is 14.6. The van der Waals surface area contributed by atoms with Crippen LogP contribution < -0.4 is 9.47 Å². The molecule has 0 saturated carbocycles. The van der Waals surface area contributed by atoms with Crippen molar-refractivity contribution >= 4 is 16.6 Å². The van der Waals surface area contributed by atoms with Gasteiger partial charge in [-0.2, -0.15) is 0 Å². The Kier molecular flexibility index (Phi) is 3.81. The van der Waals surface area contributed by atoms with E-state index < -0.39 is 0 Å². The minimum atomic E-state index is -0.0125. The Morgan fingerprint density at radius 1 is 1.11 bits per heavy atom. The van der Waals surface area contributed by atoms with E-state index in [0.29, 0.717) is 19.8 Å². The molecule has 0 aliphatic carbocycles. The monoisotopic (exact) mass is 362 g/mol. The highest BCUT2D eigenvalue weighted by Gasteiger charge is 2.39. The van der Waals surface area contributed by atoms with Gasteiger partial charge in [0.2, 0.25) is 0 Å². The van der Waals surface area contributed by atoms with E-state index in [1.54, 1.807) is 0 Å². The minimum absolute atomic E-state index is 0.0125. The number of hydrogen-bond donors (Lipinski definition) is 0. The number of aromatic nitrogens is 1. The fraction of sp³-hybridized carbons (Fsp3) is 0.318. The van der Waals surface area contributed by atoms with Crippen LogP contribution in [0.2, 0.25) is 0 Å². The molecule has 3 aromatic rings. The third-order valence-electron chi connectivity index (χ3n) is 5.45. The van der Waals surface area contributed by atoms with E-state index in [1.165, 1.54) is 16.5 Å². The summed E-state index contributed by atoms with van der Waals surface area (Å²) in [4.78, 5) is 5.48. The molecule has 0 amide bonds. The van der Waals surface area contributed by atoms with Crippen LogP contribution in [0.25, 0.3) is 10.9 Å². The molecule has 0 radical (unpaired) electrons. The molecule has 0 unspecified atom stereocenters. The van der Waals surface area contributed by atoms with Crippen LogP contribution in [-0.4, -0.2) is 30.1 Å². The van der Waals surface area contributed by atoms with Gasteiger partial charge in [0.1, 0.15) is 13.2 Å². The van der Waals surface area contributed by atoms with Crippen LogP contribution in [0.15, 0.2) is 53.8 Å². The van der Waals surface area contributed by atoms with Gasteiger partial charge in [-0.25, -0.2) is 0 Å². The van der Waals surface area contributed by atoms with Gasteiger partial charge in [0.05, 0.1) is 24.2 Å². The van der Waals surface area contributed by atoms with E-state index in [9.17, 15) is 0 Å². The number of hydrogen-bond acceptors (Lipinski definition) is 4. The Morgan fingerprint density at radius 3 is 2.89 bits per heavy atom. The molecule has 5 nitrogen and oxygen atoms in total. The Balaban J connectivity index is 1.77. The molecular formula is C22H22N2O3. The lowest BCUT2D eigenvalue weighted by Gasteiger charge is -2.19. The average molecular weight is 362 g/mol. The van der Waals surface area contributed by atoms with Gasteiger partial charge < -0.3 is 18.9 Å². The van der Waals surface area contributed by atoms with Crippen molar-refractivity contribution in [3.63, 3.8) is 0 Å². The number of fused-ring (bicyclic) bond motifs is 3. The molecular weight excluding hydrogens is 340 g/mol. The van der Waals surface area contributed by atoms with E-state index >= 15 is 0 Å². The third kappa shape index (κ3) is 2.49. The molecule has 2 aliphatic heterocycles. The topological polar surface area (TPSA) is 45.0 Å². The van der Waals surface area contributed by atoms with Crippen molar-refractivity contribution in [2.45, 2.75) is 12.8 Å². The van der Waals surface area contributed by atoms with Crippen LogP contribution in [0.3, 0.4) is 0 Å². The molecule has 5 rings (SSSR count). The maximum atomic E-state index is 6.22. The molecule has 5 heteroatoms. The highest BCUT2D eigenvalue weighted by molar-refractivity contribution is 6.01. The molecule has 0 N–H and O–H groups in total. The normalized spacial score (nSPS) is 20.9. The van der Waals surface area contributed by atoms with Crippen molar-refractivity contribution in [3.8, 4) is 11.5 Å². The zero-order valence-electron chi connectivity index (χ0n) is 15.5. The smallest absolute Gasteiger partial charge is 0.165 e. The maximum absolute atomic E-state index is 6.22. The van der Waals surface area contributed by atoms with E-state index in [4.69, 9.17) is 14.3 Å². The Morgan fingerprint density at radius 2 is 2.00 bits per heavy atom. The first-order chi connectivity index (χ1) is 13.3. The van der Waals surface area contributed by atoms with Crippen molar-refractivity contribution in [2.24, 2.45) is 18.1 Å². The molecule has 1 aromatic heterocycles. The third-order valence-corrected chi connectivity index (χ3v) is 5.45. The molecule has 0 spiro atoms.